The lowest BCUT2D eigenvalue weighted by Crippen LogP contribution is -2.15. The minimum absolute atomic E-state index is 0.712. The molecule has 2 aromatic rings. The second-order valence-electron chi connectivity index (χ2n) is 5.10. The smallest absolute Gasteiger partial charge is 0.195 e. The van der Waals surface area contributed by atoms with E-state index in [4.69, 9.17) is 0 Å². The highest BCUT2D eigenvalue weighted by Gasteiger charge is 2.21. The summed E-state index contributed by atoms with van der Waals surface area (Å²) in [5, 5.41) is 12.8. The number of aromatic nitrogens is 3. The summed E-state index contributed by atoms with van der Waals surface area (Å²) in [5.41, 5.74) is 1.30. The quantitative estimate of drug-likeness (QED) is 0.896. The van der Waals surface area contributed by atoms with Crippen LogP contribution in [0.25, 0.3) is 0 Å². The third-order valence-corrected chi connectivity index (χ3v) is 5.08. The summed E-state index contributed by atoms with van der Waals surface area (Å²) in [6, 6.07) is 7.11. The minimum atomic E-state index is 0.712. The van der Waals surface area contributed by atoms with Crippen LogP contribution < -0.4 is 5.32 Å². The zero-order chi connectivity index (χ0) is 14.1. The van der Waals surface area contributed by atoms with Crippen LogP contribution in [0.4, 0.5) is 0 Å². The van der Waals surface area contributed by atoms with E-state index in [0.717, 1.165) is 22.0 Å². The first kappa shape index (κ1) is 14.1. The van der Waals surface area contributed by atoms with Crippen molar-refractivity contribution in [2.24, 2.45) is 7.05 Å². The van der Waals surface area contributed by atoms with Crippen LogP contribution >= 0.6 is 27.7 Å². The normalized spacial score (nSPS) is 14.8. The summed E-state index contributed by atoms with van der Waals surface area (Å²) in [7, 11) is 2.00. The van der Waals surface area contributed by atoms with Crippen LogP contribution in [-0.4, -0.2) is 20.8 Å². The highest BCUT2D eigenvalue weighted by atomic mass is 79.9. The molecule has 1 aromatic heterocycles. The summed E-state index contributed by atoms with van der Waals surface area (Å²) in [6.45, 7) is 2.87. The molecule has 0 bridgehead atoms. The van der Waals surface area contributed by atoms with Crippen LogP contribution in [-0.2, 0) is 13.6 Å². The Labute approximate surface area is 131 Å². The fourth-order valence-corrected chi connectivity index (χ4v) is 3.26. The van der Waals surface area contributed by atoms with Crippen molar-refractivity contribution in [3.63, 3.8) is 0 Å². The number of hydrogen-bond donors (Lipinski definition) is 1. The Kier molecular flexibility index (Phi) is 4.14. The van der Waals surface area contributed by atoms with Gasteiger partial charge in [0.25, 0.3) is 0 Å². The fourth-order valence-electron chi connectivity index (χ4n) is 1.90. The van der Waals surface area contributed by atoms with E-state index >= 15 is 0 Å². The second kappa shape index (κ2) is 5.87. The van der Waals surface area contributed by atoms with Gasteiger partial charge in [-0.2, -0.15) is 0 Å². The lowest BCUT2D eigenvalue weighted by atomic mass is 10.2. The lowest BCUT2D eigenvalue weighted by Gasteiger charge is -2.10. The van der Waals surface area contributed by atoms with Crippen molar-refractivity contribution in [3.05, 3.63) is 34.1 Å². The first-order valence-corrected chi connectivity index (χ1v) is 8.30. The SMILES string of the molecule is Cc1nnc(Sc2ccc(Br)cc2CNC2CC2)n1C. The number of nitrogens with zero attached hydrogens (tertiary/aromatic N) is 3. The van der Waals surface area contributed by atoms with E-state index in [1.807, 2.05) is 18.5 Å². The first-order valence-electron chi connectivity index (χ1n) is 6.69. The van der Waals surface area contributed by atoms with E-state index in [9.17, 15) is 0 Å². The molecule has 0 radical (unpaired) electrons. The van der Waals surface area contributed by atoms with Crippen molar-refractivity contribution < 1.29 is 0 Å². The molecule has 1 N–H and O–H groups in total. The molecule has 0 aliphatic heterocycles. The average Bonchev–Trinajstić information content (AvgIpc) is 3.21. The maximum absolute atomic E-state index is 4.23. The number of halogens is 1. The molecule has 4 nitrogen and oxygen atoms in total. The van der Waals surface area contributed by atoms with Crippen LogP contribution in [0.5, 0.6) is 0 Å². The topological polar surface area (TPSA) is 42.7 Å². The molecule has 0 amide bonds. The lowest BCUT2D eigenvalue weighted by molar-refractivity contribution is 0.679. The number of benzene rings is 1. The van der Waals surface area contributed by atoms with E-state index in [-0.39, 0.29) is 0 Å². The second-order valence-corrected chi connectivity index (χ2v) is 7.02. The highest BCUT2D eigenvalue weighted by molar-refractivity contribution is 9.10. The molecule has 0 atom stereocenters. The van der Waals surface area contributed by atoms with Gasteiger partial charge in [-0.15, -0.1) is 10.2 Å². The number of hydrogen-bond acceptors (Lipinski definition) is 4. The van der Waals surface area contributed by atoms with E-state index in [0.29, 0.717) is 6.04 Å². The highest BCUT2D eigenvalue weighted by Crippen LogP contribution is 2.31. The molecule has 3 rings (SSSR count). The Bertz CT molecular complexity index is 622. The van der Waals surface area contributed by atoms with Crippen LogP contribution in [0.2, 0.25) is 0 Å². The van der Waals surface area contributed by atoms with Crippen LogP contribution in [0.3, 0.4) is 0 Å². The van der Waals surface area contributed by atoms with Crippen molar-refractivity contribution in [1.82, 2.24) is 20.1 Å². The zero-order valence-corrected chi connectivity index (χ0v) is 14.0. The van der Waals surface area contributed by atoms with Gasteiger partial charge >= 0.3 is 0 Å². The molecular weight excluding hydrogens is 336 g/mol. The Balaban J connectivity index is 1.81. The molecule has 6 heteroatoms. The van der Waals surface area contributed by atoms with Crippen LogP contribution in [0, 0.1) is 6.92 Å². The van der Waals surface area contributed by atoms with Gasteiger partial charge in [0, 0.05) is 29.0 Å². The van der Waals surface area contributed by atoms with Crippen molar-refractivity contribution in [1.29, 1.82) is 0 Å². The largest absolute Gasteiger partial charge is 0.310 e. The van der Waals surface area contributed by atoms with E-state index in [1.165, 1.54) is 23.3 Å². The molecule has 1 aliphatic carbocycles. The van der Waals surface area contributed by atoms with Gasteiger partial charge < -0.3 is 9.88 Å². The molecule has 1 fully saturated rings. The predicted octanol–water partition coefficient (Wildman–Crippen LogP) is 3.29. The van der Waals surface area contributed by atoms with Gasteiger partial charge in [-0.3, -0.25) is 0 Å². The van der Waals surface area contributed by atoms with Crippen molar-refractivity contribution >= 4 is 27.7 Å². The van der Waals surface area contributed by atoms with Gasteiger partial charge in [-0.25, -0.2) is 0 Å². The van der Waals surface area contributed by atoms with Crippen molar-refractivity contribution in [2.45, 2.75) is 42.4 Å². The van der Waals surface area contributed by atoms with Gasteiger partial charge in [-0.1, -0.05) is 15.9 Å². The molecule has 0 unspecified atom stereocenters. The standard InChI is InChI=1S/C14H17BrN4S/c1-9-17-18-14(19(9)2)20-13-6-3-11(15)7-10(13)8-16-12-4-5-12/h3,6-7,12,16H,4-5,8H2,1-2H3. The van der Waals surface area contributed by atoms with Gasteiger partial charge in [0.05, 0.1) is 0 Å². The van der Waals surface area contributed by atoms with Gasteiger partial charge in [-0.05, 0) is 55.3 Å². The summed E-state index contributed by atoms with van der Waals surface area (Å²) < 4.78 is 3.13. The average molecular weight is 353 g/mol. The van der Waals surface area contributed by atoms with Gasteiger partial charge in [0.15, 0.2) is 5.16 Å². The van der Waals surface area contributed by atoms with Gasteiger partial charge in [0.2, 0.25) is 0 Å². The maximum atomic E-state index is 4.23. The molecule has 1 aromatic carbocycles. The van der Waals surface area contributed by atoms with Crippen molar-refractivity contribution in [2.75, 3.05) is 0 Å². The Morgan fingerprint density at radius 1 is 1.40 bits per heavy atom. The molecule has 0 saturated heterocycles. The van der Waals surface area contributed by atoms with Crippen molar-refractivity contribution in [3.8, 4) is 0 Å². The molecule has 1 aliphatic rings. The third kappa shape index (κ3) is 3.24. The Morgan fingerprint density at radius 2 is 2.20 bits per heavy atom. The molecular formula is C14H17BrN4S. The third-order valence-electron chi connectivity index (χ3n) is 3.43. The maximum Gasteiger partial charge on any atom is 0.195 e. The minimum Gasteiger partial charge on any atom is -0.310 e. The fraction of sp³-hybridized carbons (Fsp3) is 0.429. The van der Waals surface area contributed by atoms with Crippen LogP contribution in [0.15, 0.2) is 32.7 Å². The summed E-state index contributed by atoms with van der Waals surface area (Å²) in [6.07, 6.45) is 2.61. The molecule has 1 heterocycles. The van der Waals surface area contributed by atoms with E-state index < -0.39 is 0 Å². The molecule has 106 valence electrons. The summed E-state index contributed by atoms with van der Waals surface area (Å²) >= 11 is 5.22. The summed E-state index contributed by atoms with van der Waals surface area (Å²) in [4.78, 5) is 1.23. The van der Waals surface area contributed by atoms with E-state index in [1.54, 1.807) is 11.8 Å². The van der Waals surface area contributed by atoms with Crippen LogP contribution in [0.1, 0.15) is 24.2 Å². The number of rotatable bonds is 5. The first-order chi connectivity index (χ1) is 9.63. The zero-order valence-electron chi connectivity index (χ0n) is 11.6. The van der Waals surface area contributed by atoms with E-state index in [2.05, 4.69) is 49.6 Å². The number of nitrogens with one attached hydrogen (secondary N) is 1. The Morgan fingerprint density at radius 3 is 2.85 bits per heavy atom. The Hall–Kier alpha value is -0.850. The summed E-state index contributed by atoms with van der Waals surface area (Å²) in [5.74, 6) is 0.933. The predicted molar refractivity (Wildman–Crippen MR) is 83.9 cm³/mol. The molecule has 1 saturated carbocycles. The molecule has 0 spiro atoms. The number of aryl methyl sites for hydroxylation is 1. The van der Waals surface area contributed by atoms with Gasteiger partial charge in [0.1, 0.15) is 5.82 Å². The monoisotopic (exact) mass is 352 g/mol. The molecule has 20 heavy (non-hydrogen) atoms.